The van der Waals surface area contributed by atoms with Crippen molar-refractivity contribution < 1.29 is 28.2 Å². The van der Waals surface area contributed by atoms with E-state index < -0.39 is 23.5 Å². The number of hydrogen-bond donors (Lipinski definition) is 2. The third kappa shape index (κ3) is 5.88. The molecule has 0 unspecified atom stereocenters. The van der Waals surface area contributed by atoms with Crippen molar-refractivity contribution in [2.24, 2.45) is 0 Å². The molecule has 2 heterocycles. The van der Waals surface area contributed by atoms with Crippen molar-refractivity contribution >= 4 is 56.6 Å². The van der Waals surface area contributed by atoms with E-state index in [4.69, 9.17) is 14.2 Å². The van der Waals surface area contributed by atoms with Crippen LogP contribution < -0.4 is 25.0 Å². The second-order valence-corrected chi connectivity index (χ2v) is 11.0. The van der Waals surface area contributed by atoms with Crippen molar-refractivity contribution in [3.05, 3.63) is 64.4 Å². The van der Waals surface area contributed by atoms with Gasteiger partial charge in [-0.1, -0.05) is 41.1 Å². The van der Waals surface area contributed by atoms with Crippen LogP contribution in [0.1, 0.15) is 31.7 Å². The lowest BCUT2D eigenvalue weighted by molar-refractivity contribution is -0.138. The van der Waals surface area contributed by atoms with E-state index in [0.29, 0.717) is 43.9 Å². The molecular weight excluding hydrogens is 617 g/mol. The number of benzene rings is 3. The van der Waals surface area contributed by atoms with Crippen LogP contribution in [-0.2, 0) is 20.9 Å². The maximum absolute atomic E-state index is 15.5. The molecule has 3 aromatic rings. The minimum atomic E-state index is -1.18. The van der Waals surface area contributed by atoms with Crippen molar-refractivity contribution in [1.82, 2.24) is 10.6 Å². The van der Waals surface area contributed by atoms with Crippen LogP contribution >= 0.6 is 28.3 Å². The van der Waals surface area contributed by atoms with E-state index in [2.05, 4.69) is 26.6 Å². The molecule has 2 aliphatic rings. The average molecular weight is 651 g/mol. The summed E-state index contributed by atoms with van der Waals surface area (Å²) in [5, 5.41) is 7.82. The van der Waals surface area contributed by atoms with Gasteiger partial charge in [-0.25, -0.2) is 4.39 Å². The van der Waals surface area contributed by atoms with Gasteiger partial charge in [0.15, 0.2) is 11.6 Å². The summed E-state index contributed by atoms with van der Waals surface area (Å²) >= 11 is 3.53. The van der Waals surface area contributed by atoms with Crippen LogP contribution in [0.15, 0.2) is 53.0 Å². The first-order chi connectivity index (χ1) is 19.3. The highest BCUT2D eigenvalue weighted by Crippen LogP contribution is 2.44. The number of ether oxygens (including phenoxy) is 3. The van der Waals surface area contributed by atoms with Crippen LogP contribution in [0.5, 0.6) is 11.5 Å². The van der Waals surface area contributed by atoms with Crippen LogP contribution in [0.4, 0.5) is 10.1 Å². The number of carbonyl (C=O) groups excluding carboxylic acids is 2. The summed E-state index contributed by atoms with van der Waals surface area (Å²) < 4.78 is 34.2. The van der Waals surface area contributed by atoms with E-state index in [1.807, 2.05) is 37.3 Å². The number of para-hydroxylation sites is 1. The molecule has 0 bridgehead atoms. The normalized spacial score (nSPS) is 18.6. The third-order valence-corrected chi connectivity index (χ3v) is 8.36. The second kappa shape index (κ2) is 12.9. The lowest BCUT2D eigenvalue weighted by atomic mass is 9.84. The number of nitrogens with zero attached hydrogens (tertiary/aromatic N) is 1. The highest BCUT2D eigenvalue weighted by atomic mass is 79.9. The fourth-order valence-electron chi connectivity index (χ4n) is 5.66. The minimum absolute atomic E-state index is 0. The predicted octanol–water partition coefficient (Wildman–Crippen LogP) is 5.13. The van der Waals surface area contributed by atoms with Gasteiger partial charge in [0.25, 0.3) is 5.91 Å². The molecule has 2 amide bonds. The molecule has 3 aromatic carbocycles. The zero-order chi connectivity index (χ0) is 28.4. The Morgan fingerprint density at radius 1 is 1.22 bits per heavy atom. The summed E-state index contributed by atoms with van der Waals surface area (Å²) in [6, 6.07) is 12.6. The maximum atomic E-state index is 15.5. The molecule has 1 spiro atoms. The lowest BCUT2D eigenvalue weighted by Crippen LogP contribution is -2.65. The van der Waals surface area contributed by atoms with Crippen molar-refractivity contribution in [2.75, 3.05) is 32.3 Å². The monoisotopic (exact) mass is 649 g/mol. The van der Waals surface area contributed by atoms with Gasteiger partial charge < -0.3 is 29.7 Å². The van der Waals surface area contributed by atoms with Gasteiger partial charge in [-0.3, -0.25) is 9.59 Å². The number of methoxy groups -OCH3 is 1. The summed E-state index contributed by atoms with van der Waals surface area (Å²) in [6.07, 6.45) is 1.15. The van der Waals surface area contributed by atoms with Crippen LogP contribution in [0.3, 0.4) is 0 Å². The number of nitrogens with one attached hydrogen (secondary N) is 2. The van der Waals surface area contributed by atoms with Crippen LogP contribution in [0, 0.1) is 5.82 Å². The highest BCUT2D eigenvalue weighted by molar-refractivity contribution is 9.10. The van der Waals surface area contributed by atoms with Crippen LogP contribution in [0.2, 0.25) is 0 Å². The number of amides is 2. The van der Waals surface area contributed by atoms with Gasteiger partial charge in [0.05, 0.1) is 38.6 Å². The fourth-order valence-corrected chi connectivity index (χ4v) is 6.04. The van der Waals surface area contributed by atoms with Gasteiger partial charge >= 0.3 is 0 Å². The topological polar surface area (TPSA) is 89.1 Å². The number of likely N-dealkylation sites (N-methyl/N-ethyl adjacent to an activating group) is 1. The molecule has 1 saturated heterocycles. The zero-order valence-corrected chi connectivity index (χ0v) is 25.6. The lowest BCUT2D eigenvalue weighted by Gasteiger charge is -2.41. The molecule has 2 N–H and O–H groups in total. The van der Waals surface area contributed by atoms with E-state index in [1.54, 1.807) is 26.3 Å². The summed E-state index contributed by atoms with van der Waals surface area (Å²) in [5.74, 6) is -0.715. The Kier molecular flexibility index (Phi) is 9.79. The predicted molar refractivity (Wildman–Crippen MR) is 162 cm³/mol. The molecule has 0 radical (unpaired) electrons. The van der Waals surface area contributed by atoms with E-state index >= 15 is 4.39 Å². The van der Waals surface area contributed by atoms with E-state index in [1.165, 1.54) is 11.0 Å². The van der Waals surface area contributed by atoms with Crippen LogP contribution in [-0.4, -0.2) is 56.9 Å². The molecule has 41 heavy (non-hydrogen) atoms. The molecule has 0 aliphatic carbocycles. The Morgan fingerprint density at radius 2 is 1.98 bits per heavy atom. The summed E-state index contributed by atoms with van der Waals surface area (Å²) in [5.41, 5.74) is -0.133. The van der Waals surface area contributed by atoms with Gasteiger partial charge in [0.2, 0.25) is 5.91 Å². The van der Waals surface area contributed by atoms with Gasteiger partial charge in [0, 0.05) is 22.9 Å². The smallest absolute Gasteiger partial charge is 0.254 e. The summed E-state index contributed by atoms with van der Waals surface area (Å²) in [7, 11) is 3.28. The molecule has 0 saturated carbocycles. The van der Waals surface area contributed by atoms with E-state index in [9.17, 15) is 9.59 Å². The van der Waals surface area contributed by atoms with Crippen molar-refractivity contribution in [1.29, 1.82) is 0 Å². The van der Waals surface area contributed by atoms with Gasteiger partial charge in [-0.2, -0.15) is 0 Å². The number of carbonyl (C=O) groups is 2. The standard InChI is InChI=1S/C30H33BrFN3O5.ClH/c1-4-23(33-2)28(36)34-27-29(37)35(17-21-20-10-9-19(31)16-18(20)8-11-25(21)38-3)24-7-5-6-22(32)26(24)40-30(27)12-14-39-15-13-30;/h5-11,16,23,27,33H,4,12-15,17H2,1-3H3,(H,34,36);1H/t23-,27-;/m0./s1. The number of fused-ring (bicyclic) bond motifs is 2. The quantitative estimate of drug-likeness (QED) is 0.369. The Balaban J connectivity index is 0.00000387. The Labute approximate surface area is 253 Å². The molecule has 1 fully saturated rings. The van der Waals surface area contributed by atoms with E-state index in [-0.39, 0.29) is 36.5 Å². The number of rotatable bonds is 7. The third-order valence-electron chi connectivity index (χ3n) is 7.87. The zero-order valence-electron chi connectivity index (χ0n) is 23.2. The molecule has 11 heteroatoms. The molecule has 2 aliphatic heterocycles. The number of halogens is 3. The fraction of sp³-hybridized carbons (Fsp3) is 0.400. The van der Waals surface area contributed by atoms with Gasteiger partial charge in [0.1, 0.15) is 17.4 Å². The molecule has 5 rings (SSSR count). The van der Waals surface area contributed by atoms with Crippen molar-refractivity contribution in [3.8, 4) is 11.5 Å². The first-order valence-electron chi connectivity index (χ1n) is 13.4. The highest BCUT2D eigenvalue weighted by Gasteiger charge is 2.52. The SMILES string of the molecule is CC[C@H](NC)C(=O)N[C@H]1C(=O)N(Cc2c(OC)ccc3cc(Br)ccc23)c2cccc(F)c2OC12CCOCC2.Cl. The minimum Gasteiger partial charge on any atom is -0.496 e. The molecular formula is C30H34BrClFN3O5. The first kappa shape index (κ1) is 31.0. The Morgan fingerprint density at radius 3 is 2.66 bits per heavy atom. The van der Waals surface area contributed by atoms with Crippen molar-refractivity contribution in [2.45, 2.75) is 50.4 Å². The average Bonchev–Trinajstić information content (AvgIpc) is 3.04. The van der Waals surface area contributed by atoms with Crippen molar-refractivity contribution in [3.63, 3.8) is 0 Å². The molecule has 2 atom stereocenters. The molecule has 0 aromatic heterocycles. The maximum Gasteiger partial charge on any atom is 0.254 e. The summed E-state index contributed by atoms with van der Waals surface area (Å²) in [6.45, 7) is 2.60. The summed E-state index contributed by atoms with van der Waals surface area (Å²) in [4.78, 5) is 29.5. The van der Waals surface area contributed by atoms with Crippen LogP contribution in [0.25, 0.3) is 10.8 Å². The van der Waals surface area contributed by atoms with E-state index in [0.717, 1.165) is 20.8 Å². The number of anilines is 1. The van der Waals surface area contributed by atoms with Gasteiger partial charge in [-0.15, -0.1) is 12.4 Å². The first-order valence-corrected chi connectivity index (χ1v) is 14.2. The largest absolute Gasteiger partial charge is 0.496 e. The Hall–Kier alpha value is -2.92. The molecule has 220 valence electrons. The second-order valence-electron chi connectivity index (χ2n) is 10.1. The van der Waals surface area contributed by atoms with Gasteiger partial charge in [-0.05, 0) is 54.6 Å². The Bertz CT molecular complexity index is 1430. The number of hydrogen-bond acceptors (Lipinski definition) is 6. The molecule has 8 nitrogen and oxygen atoms in total.